The van der Waals surface area contributed by atoms with Crippen molar-refractivity contribution in [2.24, 2.45) is 0 Å². The molecule has 0 unspecified atom stereocenters. The number of benzene rings is 1. The quantitative estimate of drug-likeness (QED) is 0.607. The van der Waals surface area contributed by atoms with Crippen LogP contribution in [0.2, 0.25) is 0 Å². The Hall–Kier alpha value is -2.56. The van der Waals surface area contributed by atoms with Crippen LogP contribution in [0.25, 0.3) is 6.08 Å². The van der Waals surface area contributed by atoms with Crippen molar-refractivity contribution in [3.63, 3.8) is 0 Å². The molecule has 2 rings (SSSR count). The highest BCUT2D eigenvalue weighted by atomic mass is 16.5. The zero-order chi connectivity index (χ0) is 16.1. The van der Waals surface area contributed by atoms with Crippen LogP contribution in [-0.2, 0) is 6.54 Å². The van der Waals surface area contributed by atoms with E-state index in [1.165, 1.54) is 0 Å². The third kappa shape index (κ3) is 3.19. The number of aromatic nitrogens is 2. The largest absolute Gasteiger partial charge is 0.493 e. The van der Waals surface area contributed by atoms with Gasteiger partial charge in [-0.3, -0.25) is 9.48 Å². The van der Waals surface area contributed by atoms with Gasteiger partial charge < -0.3 is 9.47 Å². The van der Waals surface area contributed by atoms with Gasteiger partial charge in [0.2, 0.25) is 0 Å². The number of ether oxygens (including phenoxy) is 2. The molecule has 0 atom stereocenters. The first kappa shape index (κ1) is 15.8. The molecular weight excluding hydrogens is 280 g/mol. The molecule has 0 radical (unpaired) electrons. The van der Waals surface area contributed by atoms with Crippen molar-refractivity contribution in [2.75, 3.05) is 14.2 Å². The summed E-state index contributed by atoms with van der Waals surface area (Å²) in [6.07, 6.45) is 4.92. The molecule has 22 heavy (non-hydrogen) atoms. The van der Waals surface area contributed by atoms with Crippen molar-refractivity contribution in [3.8, 4) is 11.5 Å². The van der Waals surface area contributed by atoms with Gasteiger partial charge in [-0.15, -0.1) is 0 Å². The highest BCUT2D eigenvalue weighted by Crippen LogP contribution is 2.28. The SMILES string of the molecule is CCn1ncc(C(=O)/C=C/c2ccc(OC)c(OC)c2)c1C. The van der Waals surface area contributed by atoms with Crippen LogP contribution in [0.5, 0.6) is 11.5 Å². The molecule has 5 nitrogen and oxygen atoms in total. The number of nitrogens with zero attached hydrogens (tertiary/aromatic N) is 2. The molecule has 0 amide bonds. The lowest BCUT2D eigenvalue weighted by atomic mass is 10.1. The van der Waals surface area contributed by atoms with E-state index in [4.69, 9.17) is 9.47 Å². The van der Waals surface area contributed by atoms with Crippen LogP contribution in [0.4, 0.5) is 0 Å². The van der Waals surface area contributed by atoms with E-state index in [0.29, 0.717) is 17.1 Å². The lowest BCUT2D eigenvalue weighted by Crippen LogP contribution is -2.01. The maximum absolute atomic E-state index is 12.2. The van der Waals surface area contributed by atoms with Gasteiger partial charge in [0.25, 0.3) is 0 Å². The van der Waals surface area contributed by atoms with Crippen molar-refractivity contribution in [2.45, 2.75) is 20.4 Å². The molecule has 0 saturated carbocycles. The Morgan fingerprint density at radius 2 is 2.00 bits per heavy atom. The Morgan fingerprint density at radius 3 is 2.59 bits per heavy atom. The Balaban J connectivity index is 2.20. The monoisotopic (exact) mass is 300 g/mol. The number of hydrogen-bond donors (Lipinski definition) is 0. The highest BCUT2D eigenvalue weighted by molar-refractivity contribution is 6.07. The lowest BCUT2D eigenvalue weighted by Gasteiger charge is -2.07. The van der Waals surface area contributed by atoms with Crippen LogP contribution in [0.1, 0.15) is 28.5 Å². The van der Waals surface area contributed by atoms with Crippen LogP contribution in [0.15, 0.2) is 30.5 Å². The van der Waals surface area contributed by atoms with Crippen molar-refractivity contribution in [1.82, 2.24) is 9.78 Å². The summed E-state index contributed by atoms with van der Waals surface area (Å²) in [5, 5.41) is 4.19. The third-order valence-electron chi connectivity index (χ3n) is 3.50. The number of methoxy groups -OCH3 is 2. The minimum Gasteiger partial charge on any atom is -0.493 e. The molecule has 0 aliphatic rings. The normalized spacial score (nSPS) is 10.9. The molecule has 0 aliphatic carbocycles. The van der Waals surface area contributed by atoms with Gasteiger partial charge in [0.15, 0.2) is 17.3 Å². The van der Waals surface area contributed by atoms with E-state index < -0.39 is 0 Å². The van der Waals surface area contributed by atoms with E-state index in [2.05, 4.69) is 5.10 Å². The fourth-order valence-electron chi connectivity index (χ4n) is 2.23. The second-order valence-corrected chi connectivity index (χ2v) is 4.77. The maximum Gasteiger partial charge on any atom is 0.189 e. The zero-order valence-corrected chi connectivity index (χ0v) is 13.3. The smallest absolute Gasteiger partial charge is 0.189 e. The molecule has 1 aromatic carbocycles. The number of rotatable bonds is 6. The Kier molecular flexibility index (Phi) is 4.99. The van der Waals surface area contributed by atoms with Gasteiger partial charge in [0, 0.05) is 12.2 Å². The van der Waals surface area contributed by atoms with Gasteiger partial charge in [-0.2, -0.15) is 5.10 Å². The molecule has 5 heteroatoms. The van der Waals surface area contributed by atoms with Crippen molar-refractivity contribution in [3.05, 3.63) is 47.3 Å². The second-order valence-electron chi connectivity index (χ2n) is 4.77. The van der Waals surface area contributed by atoms with Gasteiger partial charge >= 0.3 is 0 Å². The molecule has 1 aromatic heterocycles. The summed E-state index contributed by atoms with van der Waals surface area (Å²) in [7, 11) is 3.17. The van der Waals surface area contributed by atoms with E-state index in [-0.39, 0.29) is 5.78 Å². The summed E-state index contributed by atoms with van der Waals surface area (Å²) in [5.41, 5.74) is 2.37. The van der Waals surface area contributed by atoms with Crippen LogP contribution >= 0.6 is 0 Å². The summed E-state index contributed by atoms with van der Waals surface area (Å²) < 4.78 is 12.2. The topological polar surface area (TPSA) is 53.4 Å². The van der Waals surface area contributed by atoms with Crippen molar-refractivity contribution < 1.29 is 14.3 Å². The molecular formula is C17H20N2O3. The van der Waals surface area contributed by atoms with E-state index in [9.17, 15) is 4.79 Å². The molecule has 0 fully saturated rings. The van der Waals surface area contributed by atoms with Crippen LogP contribution in [0.3, 0.4) is 0 Å². The number of carbonyl (C=O) groups excluding carboxylic acids is 1. The molecule has 116 valence electrons. The zero-order valence-electron chi connectivity index (χ0n) is 13.3. The summed E-state index contributed by atoms with van der Waals surface area (Å²) in [6.45, 7) is 4.64. The summed E-state index contributed by atoms with van der Waals surface area (Å²) >= 11 is 0. The summed E-state index contributed by atoms with van der Waals surface area (Å²) in [5.74, 6) is 1.23. The minimum absolute atomic E-state index is 0.0630. The minimum atomic E-state index is -0.0630. The standard InChI is InChI=1S/C17H20N2O3/c1-5-19-12(2)14(11-18-19)15(20)8-6-13-7-9-16(21-3)17(10-13)22-4/h6-11H,5H2,1-4H3/b8-6+. The van der Waals surface area contributed by atoms with Gasteiger partial charge in [0.05, 0.1) is 26.0 Å². The van der Waals surface area contributed by atoms with Crippen LogP contribution < -0.4 is 9.47 Å². The first-order valence-electron chi connectivity index (χ1n) is 7.07. The second kappa shape index (κ2) is 6.93. The summed E-state index contributed by atoms with van der Waals surface area (Å²) in [6, 6.07) is 5.50. The molecule has 0 N–H and O–H groups in total. The number of ketones is 1. The number of allylic oxidation sites excluding steroid dienone is 1. The van der Waals surface area contributed by atoms with Gasteiger partial charge in [-0.1, -0.05) is 12.1 Å². The third-order valence-corrected chi connectivity index (χ3v) is 3.50. The number of aryl methyl sites for hydroxylation is 1. The Morgan fingerprint density at radius 1 is 1.27 bits per heavy atom. The van der Waals surface area contributed by atoms with Gasteiger partial charge in [0.1, 0.15) is 0 Å². The van der Waals surface area contributed by atoms with Crippen LogP contribution in [-0.4, -0.2) is 29.8 Å². The molecule has 1 heterocycles. The average molecular weight is 300 g/mol. The average Bonchev–Trinajstić information content (AvgIpc) is 2.93. The van der Waals surface area contributed by atoms with Gasteiger partial charge in [-0.05, 0) is 37.6 Å². The molecule has 0 aliphatic heterocycles. The highest BCUT2D eigenvalue weighted by Gasteiger charge is 2.11. The van der Waals surface area contributed by atoms with Crippen LogP contribution in [0, 0.1) is 6.92 Å². The first-order chi connectivity index (χ1) is 10.6. The number of hydrogen-bond acceptors (Lipinski definition) is 4. The van der Waals surface area contributed by atoms with E-state index in [0.717, 1.165) is 17.8 Å². The Labute approximate surface area is 130 Å². The van der Waals surface area contributed by atoms with Crippen molar-refractivity contribution >= 4 is 11.9 Å². The maximum atomic E-state index is 12.2. The van der Waals surface area contributed by atoms with E-state index >= 15 is 0 Å². The lowest BCUT2D eigenvalue weighted by molar-refractivity contribution is 0.104. The molecule has 0 spiro atoms. The fourth-order valence-corrected chi connectivity index (χ4v) is 2.23. The first-order valence-corrected chi connectivity index (χ1v) is 7.07. The van der Waals surface area contributed by atoms with E-state index in [1.54, 1.807) is 37.3 Å². The Bertz CT molecular complexity index is 702. The fraction of sp³-hybridized carbons (Fsp3) is 0.294. The molecule has 2 aromatic rings. The molecule has 0 bridgehead atoms. The van der Waals surface area contributed by atoms with Gasteiger partial charge in [-0.25, -0.2) is 0 Å². The summed E-state index contributed by atoms with van der Waals surface area (Å²) in [4.78, 5) is 12.2. The number of carbonyl (C=O) groups is 1. The van der Waals surface area contributed by atoms with E-state index in [1.807, 2.05) is 32.0 Å². The predicted molar refractivity (Wildman–Crippen MR) is 85.5 cm³/mol. The van der Waals surface area contributed by atoms with Crippen molar-refractivity contribution in [1.29, 1.82) is 0 Å². The molecule has 0 saturated heterocycles. The predicted octanol–water partition coefficient (Wildman–Crippen LogP) is 3.12.